The molecule has 0 saturated carbocycles. The molecule has 0 radical (unpaired) electrons. The Morgan fingerprint density at radius 1 is 0.857 bits per heavy atom. The van der Waals surface area contributed by atoms with Gasteiger partial charge in [0.05, 0.1) is 6.61 Å². The van der Waals surface area contributed by atoms with Gasteiger partial charge in [0.1, 0.15) is 17.5 Å². The third-order valence-corrected chi connectivity index (χ3v) is 6.82. The molecule has 0 unspecified atom stereocenters. The third kappa shape index (κ3) is 5.35. The van der Waals surface area contributed by atoms with Crippen molar-refractivity contribution in [2.45, 2.75) is 24.7 Å². The van der Waals surface area contributed by atoms with Crippen molar-refractivity contribution in [3.63, 3.8) is 0 Å². The molecule has 1 aliphatic rings. The van der Waals surface area contributed by atoms with Gasteiger partial charge in [-0.1, -0.05) is 97.1 Å². The molecule has 4 aromatic carbocycles. The first kappa shape index (κ1) is 23.4. The van der Waals surface area contributed by atoms with Crippen molar-refractivity contribution in [1.29, 1.82) is 0 Å². The predicted octanol–water partition coefficient (Wildman–Crippen LogP) is 5.82. The van der Waals surface area contributed by atoms with Crippen LogP contribution in [0.2, 0.25) is 0 Å². The van der Waals surface area contributed by atoms with Gasteiger partial charge >= 0.3 is 0 Å². The first-order chi connectivity index (χ1) is 17.1. The number of hydrogen-bond donors (Lipinski definition) is 1. The summed E-state index contributed by atoms with van der Waals surface area (Å²) in [6, 6.07) is 34.7. The van der Waals surface area contributed by atoms with Crippen LogP contribution in [0, 0.1) is 5.82 Å². The number of aliphatic hydroxyl groups is 1. The molecule has 0 aromatic heterocycles. The number of halogens is 1. The summed E-state index contributed by atoms with van der Waals surface area (Å²) in [5, 5.41) is 12.3. The summed E-state index contributed by atoms with van der Waals surface area (Å²) in [6.45, 7) is 2.70. The van der Waals surface area contributed by atoms with E-state index < -0.39 is 11.7 Å². The van der Waals surface area contributed by atoms with E-state index in [1.54, 1.807) is 12.1 Å². The van der Waals surface area contributed by atoms with Crippen molar-refractivity contribution in [2.75, 3.05) is 19.7 Å². The fraction of sp³-hybridized carbons (Fsp3) is 0.226. The standard InChI is InChI=1S/C31H30FNO2/c32-28-16-17-29(25-12-6-2-7-13-25)26(20-28)21-31(34,27-14-8-3-9-15-27)30-23-33(18-19-35-30)22-24-10-4-1-5-11-24/h1-17,20,30,34H,18-19,21-23H2/t30-,31+/m0/s1. The van der Waals surface area contributed by atoms with Crippen molar-refractivity contribution >= 4 is 0 Å². The average Bonchev–Trinajstić information content (AvgIpc) is 2.90. The normalized spacial score (nSPS) is 18.2. The molecule has 5 rings (SSSR count). The Morgan fingerprint density at radius 2 is 1.51 bits per heavy atom. The fourth-order valence-electron chi connectivity index (χ4n) is 5.00. The van der Waals surface area contributed by atoms with Crippen LogP contribution >= 0.6 is 0 Å². The van der Waals surface area contributed by atoms with Crippen molar-refractivity contribution in [3.8, 4) is 11.1 Å². The SMILES string of the molecule is O[C@](Cc1cc(F)ccc1-c1ccccc1)(c1ccccc1)[C@@H]1CN(Cc2ccccc2)CCO1. The van der Waals surface area contributed by atoms with Crippen LogP contribution in [0.25, 0.3) is 11.1 Å². The van der Waals surface area contributed by atoms with Crippen LogP contribution in [0.5, 0.6) is 0 Å². The summed E-state index contributed by atoms with van der Waals surface area (Å²) in [4.78, 5) is 2.32. The van der Waals surface area contributed by atoms with Gasteiger partial charge in [-0.3, -0.25) is 4.90 Å². The molecule has 4 aromatic rings. The zero-order valence-corrected chi connectivity index (χ0v) is 19.7. The van der Waals surface area contributed by atoms with Gasteiger partial charge in [0.2, 0.25) is 0 Å². The molecule has 1 aliphatic heterocycles. The Morgan fingerprint density at radius 3 is 2.23 bits per heavy atom. The van der Waals surface area contributed by atoms with E-state index in [1.807, 2.05) is 78.9 Å². The summed E-state index contributed by atoms with van der Waals surface area (Å²) in [6.07, 6.45) is -0.225. The lowest BCUT2D eigenvalue weighted by atomic mass is 9.80. The molecular formula is C31H30FNO2. The molecule has 0 spiro atoms. The van der Waals surface area contributed by atoms with Crippen LogP contribution in [0.3, 0.4) is 0 Å². The van der Waals surface area contributed by atoms with E-state index >= 15 is 0 Å². The van der Waals surface area contributed by atoms with E-state index in [9.17, 15) is 9.50 Å². The smallest absolute Gasteiger partial charge is 0.123 e. The van der Waals surface area contributed by atoms with E-state index in [4.69, 9.17) is 4.74 Å². The first-order valence-corrected chi connectivity index (χ1v) is 12.1. The molecule has 2 atom stereocenters. The Bertz CT molecular complexity index is 1230. The molecule has 0 aliphatic carbocycles. The van der Waals surface area contributed by atoms with Crippen LogP contribution in [0.4, 0.5) is 4.39 Å². The van der Waals surface area contributed by atoms with Gasteiger partial charge in [-0.15, -0.1) is 0 Å². The van der Waals surface area contributed by atoms with Gasteiger partial charge in [0, 0.05) is 26.1 Å². The predicted molar refractivity (Wildman–Crippen MR) is 137 cm³/mol. The highest BCUT2D eigenvalue weighted by Crippen LogP contribution is 2.36. The van der Waals surface area contributed by atoms with Gasteiger partial charge < -0.3 is 9.84 Å². The maximum absolute atomic E-state index is 14.5. The van der Waals surface area contributed by atoms with Gasteiger partial charge in [-0.25, -0.2) is 4.39 Å². The summed E-state index contributed by atoms with van der Waals surface area (Å²) in [5.41, 5.74) is 3.34. The molecule has 0 bridgehead atoms. The van der Waals surface area contributed by atoms with Gasteiger partial charge in [0.25, 0.3) is 0 Å². The van der Waals surface area contributed by atoms with Crippen LogP contribution in [-0.4, -0.2) is 35.8 Å². The van der Waals surface area contributed by atoms with E-state index in [1.165, 1.54) is 11.6 Å². The molecule has 1 N–H and O–H groups in total. The Labute approximate surface area is 206 Å². The Hall–Kier alpha value is -3.31. The number of rotatable bonds is 7. The van der Waals surface area contributed by atoms with Crippen molar-refractivity contribution in [3.05, 3.63) is 132 Å². The number of nitrogens with zero attached hydrogens (tertiary/aromatic N) is 1. The molecule has 0 amide bonds. The average molecular weight is 468 g/mol. The lowest BCUT2D eigenvalue weighted by Gasteiger charge is -2.43. The molecule has 3 nitrogen and oxygen atoms in total. The van der Waals surface area contributed by atoms with E-state index in [0.29, 0.717) is 13.2 Å². The number of ether oxygens (including phenoxy) is 1. The van der Waals surface area contributed by atoms with Crippen LogP contribution in [-0.2, 0) is 23.3 Å². The molecule has 35 heavy (non-hydrogen) atoms. The van der Waals surface area contributed by atoms with E-state index in [0.717, 1.165) is 35.3 Å². The maximum Gasteiger partial charge on any atom is 0.123 e. The summed E-state index contributed by atoms with van der Waals surface area (Å²) in [7, 11) is 0. The molecule has 178 valence electrons. The van der Waals surface area contributed by atoms with E-state index in [2.05, 4.69) is 17.0 Å². The van der Waals surface area contributed by atoms with Crippen LogP contribution in [0.15, 0.2) is 109 Å². The van der Waals surface area contributed by atoms with Crippen molar-refractivity contribution < 1.29 is 14.2 Å². The fourth-order valence-corrected chi connectivity index (χ4v) is 5.00. The molecule has 4 heteroatoms. The lowest BCUT2D eigenvalue weighted by molar-refractivity contribution is -0.149. The van der Waals surface area contributed by atoms with Crippen LogP contribution in [0.1, 0.15) is 16.7 Å². The molecule has 1 saturated heterocycles. The van der Waals surface area contributed by atoms with Crippen molar-refractivity contribution in [2.24, 2.45) is 0 Å². The second-order valence-corrected chi connectivity index (χ2v) is 9.21. The highest BCUT2D eigenvalue weighted by molar-refractivity contribution is 5.67. The topological polar surface area (TPSA) is 32.7 Å². The largest absolute Gasteiger partial charge is 0.382 e. The van der Waals surface area contributed by atoms with Crippen molar-refractivity contribution in [1.82, 2.24) is 4.90 Å². The highest BCUT2D eigenvalue weighted by atomic mass is 19.1. The monoisotopic (exact) mass is 467 g/mol. The van der Waals surface area contributed by atoms with Gasteiger partial charge in [0.15, 0.2) is 0 Å². The molecular weight excluding hydrogens is 437 g/mol. The second-order valence-electron chi connectivity index (χ2n) is 9.21. The zero-order valence-electron chi connectivity index (χ0n) is 19.7. The van der Waals surface area contributed by atoms with Gasteiger partial charge in [-0.2, -0.15) is 0 Å². The summed E-state index contributed by atoms with van der Waals surface area (Å²) in [5.74, 6) is -0.314. The second kappa shape index (κ2) is 10.5. The maximum atomic E-state index is 14.5. The number of morpholine rings is 1. The lowest BCUT2D eigenvalue weighted by Crippen LogP contribution is -2.53. The Balaban J connectivity index is 1.50. The number of benzene rings is 4. The molecule has 1 fully saturated rings. The highest BCUT2D eigenvalue weighted by Gasteiger charge is 2.42. The minimum atomic E-state index is -1.33. The minimum absolute atomic E-state index is 0.239. The molecule has 1 heterocycles. The van der Waals surface area contributed by atoms with E-state index in [-0.39, 0.29) is 12.2 Å². The number of hydrogen-bond acceptors (Lipinski definition) is 3. The first-order valence-electron chi connectivity index (χ1n) is 12.1. The summed E-state index contributed by atoms with van der Waals surface area (Å²) >= 11 is 0. The quantitative estimate of drug-likeness (QED) is 0.372. The van der Waals surface area contributed by atoms with Crippen LogP contribution < -0.4 is 0 Å². The minimum Gasteiger partial charge on any atom is -0.382 e. The third-order valence-electron chi connectivity index (χ3n) is 6.82. The summed E-state index contributed by atoms with van der Waals surface area (Å²) < 4.78 is 20.7. The zero-order chi connectivity index (χ0) is 24.1. The Kier molecular flexibility index (Phi) is 7.05. The van der Waals surface area contributed by atoms with Gasteiger partial charge in [-0.05, 0) is 39.9 Å².